The van der Waals surface area contributed by atoms with E-state index in [2.05, 4.69) is 27.7 Å². The fourth-order valence-electron chi connectivity index (χ4n) is 2.36. The fraction of sp³-hybridized carbons (Fsp3) is 0.857. The number of carbonyl (C=O) groups is 2. The van der Waals surface area contributed by atoms with Crippen LogP contribution in [0, 0.1) is 5.92 Å². The Hall–Kier alpha value is -1.06. The normalized spacial score (nSPS) is 19.1. The first-order valence-electron chi connectivity index (χ1n) is 6.99. The number of hydrogen-bond acceptors (Lipinski definition) is 2. The van der Waals surface area contributed by atoms with Gasteiger partial charge in [0, 0.05) is 32.1 Å². The lowest BCUT2D eigenvalue weighted by molar-refractivity contribution is -0.150. The Labute approximate surface area is 110 Å². The first-order valence-corrected chi connectivity index (χ1v) is 6.99. The van der Waals surface area contributed by atoms with Crippen molar-refractivity contribution in [2.45, 2.75) is 59.5 Å². The third-order valence-corrected chi connectivity index (χ3v) is 4.06. The van der Waals surface area contributed by atoms with Crippen molar-refractivity contribution >= 4 is 11.8 Å². The third-order valence-electron chi connectivity index (χ3n) is 4.06. The smallest absolute Gasteiger partial charge is 0.229 e. The van der Waals surface area contributed by atoms with Gasteiger partial charge in [0.15, 0.2) is 0 Å². The van der Waals surface area contributed by atoms with E-state index < -0.39 is 0 Å². The van der Waals surface area contributed by atoms with Crippen LogP contribution in [0.25, 0.3) is 0 Å². The van der Waals surface area contributed by atoms with Gasteiger partial charge in [-0.25, -0.2) is 0 Å². The van der Waals surface area contributed by atoms with Crippen LogP contribution >= 0.6 is 0 Å². The molecule has 0 aromatic carbocycles. The fourth-order valence-corrected chi connectivity index (χ4v) is 2.36. The molecule has 2 unspecified atom stereocenters. The number of hydrogen-bond donors (Lipinski definition) is 0. The predicted molar refractivity (Wildman–Crippen MR) is 72.1 cm³/mol. The van der Waals surface area contributed by atoms with E-state index in [1.807, 2.05) is 4.90 Å². The summed E-state index contributed by atoms with van der Waals surface area (Å²) in [6, 6.07) is 0.553. The summed E-state index contributed by atoms with van der Waals surface area (Å²) in [6.45, 7) is 11.2. The monoisotopic (exact) mass is 254 g/mol. The number of rotatable bonds is 5. The van der Waals surface area contributed by atoms with Crippen molar-refractivity contribution in [1.82, 2.24) is 9.80 Å². The van der Waals surface area contributed by atoms with Crippen LogP contribution in [0.2, 0.25) is 0 Å². The van der Waals surface area contributed by atoms with E-state index in [0.717, 1.165) is 12.8 Å². The number of carbonyl (C=O) groups excluding carboxylic acids is 2. The number of amides is 2. The van der Waals surface area contributed by atoms with Gasteiger partial charge in [0.25, 0.3) is 0 Å². The average Bonchev–Trinajstić information content (AvgIpc) is 2.26. The Balaban J connectivity index is 2.64. The number of nitrogens with zero attached hydrogens (tertiary/aromatic N) is 2. The lowest BCUT2D eigenvalue weighted by Gasteiger charge is -2.43. The molecule has 0 spiro atoms. The van der Waals surface area contributed by atoms with Crippen molar-refractivity contribution in [1.29, 1.82) is 0 Å². The summed E-state index contributed by atoms with van der Waals surface area (Å²) in [4.78, 5) is 27.4. The molecule has 0 N–H and O–H groups in total. The molecule has 2 atom stereocenters. The summed E-state index contributed by atoms with van der Waals surface area (Å²) < 4.78 is 0. The van der Waals surface area contributed by atoms with Crippen LogP contribution in [0.1, 0.15) is 47.5 Å². The molecule has 1 aliphatic heterocycles. The molecule has 18 heavy (non-hydrogen) atoms. The molecule has 1 heterocycles. The molecule has 0 aliphatic carbocycles. The van der Waals surface area contributed by atoms with Gasteiger partial charge in [0.1, 0.15) is 0 Å². The second kappa shape index (κ2) is 6.21. The van der Waals surface area contributed by atoms with E-state index >= 15 is 0 Å². The Kier molecular flexibility index (Phi) is 5.17. The molecule has 104 valence electrons. The van der Waals surface area contributed by atoms with Crippen LogP contribution < -0.4 is 0 Å². The van der Waals surface area contributed by atoms with Gasteiger partial charge in [-0.15, -0.1) is 0 Å². The molecule has 2 amide bonds. The van der Waals surface area contributed by atoms with Crippen molar-refractivity contribution in [3.8, 4) is 0 Å². The van der Waals surface area contributed by atoms with Crippen LogP contribution in [-0.2, 0) is 9.59 Å². The SMILES string of the molecule is CCC(C)N(C(=O)C1CN(C(C)=O)C1)C(C)CC. The van der Waals surface area contributed by atoms with Crippen LogP contribution in [0.4, 0.5) is 0 Å². The third kappa shape index (κ3) is 3.03. The molecular formula is C14H26N2O2. The zero-order valence-corrected chi connectivity index (χ0v) is 12.3. The largest absolute Gasteiger partial charge is 0.341 e. The quantitative estimate of drug-likeness (QED) is 0.751. The molecule has 1 rings (SSSR count). The Bertz CT molecular complexity index is 301. The molecule has 0 aromatic heterocycles. The molecule has 0 radical (unpaired) electrons. The zero-order chi connectivity index (χ0) is 13.9. The standard InChI is InChI=1S/C14H26N2O2/c1-6-10(3)16(11(4)7-2)14(18)13-8-15(9-13)12(5)17/h10-11,13H,6-9H2,1-5H3. The van der Waals surface area contributed by atoms with E-state index in [9.17, 15) is 9.59 Å². The molecule has 4 heteroatoms. The van der Waals surface area contributed by atoms with Crippen LogP contribution in [0.3, 0.4) is 0 Å². The molecule has 0 aromatic rings. The van der Waals surface area contributed by atoms with Crippen LogP contribution in [0.5, 0.6) is 0 Å². The number of likely N-dealkylation sites (tertiary alicyclic amines) is 1. The summed E-state index contributed by atoms with van der Waals surface area (Å²) in [6.07, 6.45) is 1.94. The Morgan fingerprint density at radius 1 is 1.17 bits per heavy atom. The highest BCUT2D eigenvalue weighted by molar-refractivity contribution is 5.84. The van der Waals surface area contributed by atoms with Gasteiger partial charge in [-0.1, -0.05) is 13.8 Å². The van der Waals surface area contributed by atoms with Crippen molar-refractivity contribution in [3.63, 3.8) is 0 Å². The maximum absolute atomic E-state index is 12.5. The second-order valence-corrected chi connectivity index (χ2v) is 5.38. The molecule has 4 nitrogen and oxygen atoms in total. The highest BCUT2D eigenvalue weighted by Gasteiger charge is 2.38. The summed E-state index contributed by atoms with van der Waals surface area (Å²) >= 11 is 0. The van der Waals surface area contributed by atoms with Crippen molar-refractivity contribution < 1.29 is 9.59 Å². The summed E-state index contributed by atoms with van der Waals surface area (Å²) in [5, 5.41) is 0. The van der Waals surface area contributed by atoms with Crippen LogP contribution in [0.15, 0.2) is 0 Å². The molecule has 0 bridgehead atoms. The van der Waals surface area contributed by atoms with Gasteiger partial charge in [-0.3, -0.25) is 9.59 Å². The van der Waals surface area contributed by atoms with E-state index in [-0.39, 0.29) is 29.8 Å². The summed E-state index contributed by atoms with van der Waals surface area (Å²) in [5.41, 5.74) is 0. The zero-order valence-electron chi connectivity index (χ0n) is 12.3. The maximum atomic E-state index is 12.5. The predicted octanol–water partition coefficient (Wildman–Crippen LogP) is 1.89. The van der Waals surface area contributed by atoms with E-state index in [0.29, 0.717) is 13.1 Å². The van der Waals surface area contributed by atoms with Gasteiger partial charge in [-0.05, 0) is 26.7 Å². The molecule has 1 fully saturated rings. The van der Waals surface area contributed by atoms with E-state index in [1.165, 1.54) is 0 Å². The molecule has 1 aliphatic rings. The summed E-state index contributed by atoms with van der Waals surface area (Å²) in [7, 11) is 0. The molecule has 1 saturated heterocycles. The van der Waals surface area contributed by atoms with E-state index in [1.54, 1.807) is 11.8 Å². The molecular weight excluding hydrogens is 228 g/mol. The van der Waals surface area contributed by atoms with Gasteiger partial charge in [0.2, 0.25) is 11.8 Å². The highest BCUT2D eigenvalue weighted by atomic mass is 16.2. The average molecular weight is 254 g/mol. The minimum absolute atomic E-state index is 0.0110. The lowest BCUT2D eigenvalue weighted by Crippen LogP contribution is -2.58. The van der Waals surface area contributed by atoms with Gasteiger partial charge in [0.05, 0.1) is 5.92 Å². The highest BCUT2D eigenvalue weighted by Crippen LogP contribution is 2.22. The maximum Gasteiger partial charge on any atom is 0.229 e. The van der Waals surface area contributed by atoms with Crippen molar-refractivity contribution in [2.24, 2.45) is 5.92 Å². The van der Waals surface area contributed by atoms with E-state index in [4.69, 9.17) is 0 Å². The first-order chi connectivity index (χ1) is 8.42. The second-order valence-electron chi connectivity index (χ2n) is 5.38. The Morgan fingerprint density at radius 3 is 1.94 bits per heavy atom. The van der Waals surface area contributed by atoms with Gasteiger partial charge in [-0.2, -0.15) is 0 Å². The van der Waals surface area contributed by atoms with Gasteiger partial charge < -0.3 is 9.80 Å². The van der Waals surface area contributed by atoms with Gasteiger partial charge >= 0.3 is 0 Å². The Morgan fingerprint density at radius 2 is 1.61 bits per heavy atom. The van der Waals surface area contributed by atoms with Crippen molar-refractivity contribution in [3.05, 3.63) is 0 Å². The minimum atomic E-state index is 0.0110. The van der Waals surface area contributed by atoms with Crippen LogP contribution in [-0.4, -0.2) is 46.8 Å². The summed E-state index contributed by atoms with van der Waals surface area (Å²) in [5.74, 6) is 0.297. The van der Waals surface area contributed by atoms with Crippen molar-refractivity contribution in [2.75, 3.05) is 13.1 Å². The minimum Gasteiger partial charge on any atom is -0.341 e. The lowest BCUT2D eigenvalue weighted by atomic mass is 9.96. The first kappa shape index (κ1) is 15.0. The topological polar surface area (TPSA) is 40.6 Å². The molecule has 0 saturated carbocycles.